The third kappa shape index (κ3) is 2.52. The molecule has 0 aliphatic rings. The highest BCUT2D eigenvalue weighted by atomic mass is 16.5. The van der Waals surface area contributed by atoms with E-state index in [9.17, 15) is 9.90 Å². The van der Waals surface area contributed by atoms with Crippen LogP contribution < -0.4 is 19.6 Å². The zero-order valence-electron chi connectivity index (χ0n) is 13.5. The summed E-state index contributed by atoms with van der Waals surface area (Å²) in [5, 5.41) is 10.5. The first kappa shape index (κ1) is 15.7. The fraction of sp³-hybridized carbons (Fsp3) is 0.167. The SMILES string of the molecule is COc1cccc(-c2oc3cc(OC)cc(OC)c3c(=O)c2O)c1. The monoisotopic (exact) mass is 328 g/mol. The molecule has 0 radical (unpaired) electrons. The second-order valence-corrected chi connectivity index (χ2v) is 5.04. The summed E-state index contributed by atoms with van der Waals surface area (Å²) in [6.45, 7) is 0. The van der Waals surface area contributed by atoms with E-state index in [4.69, 9.17) is 18.6 Å². The Morgan fingerprint density at radius 1 is 0.958 bits per heavy atom. The molecule has 3 aromatic rings. The molecule has 0 saturated heterocycles. The molecule has 6 heteroatoms. The summed E-state index contributed by atoms with van der Waals surface area (Å²) in [5.74, 6) is 0.897. The Bertz CT molecular complexity index is 958. The van der Waals surface area contributed by atoms with Crippen molar-refractivity contribution in [2.24, 2.45) is 0 Å². The molecule has 0 aliphatic carbocycles. The highest BCUT2D eigenvalue weighted by Gasteiger charge is 2.19. The fourth-order valence-corrected chi connectivity index (χ4v) is 2.49. The van der Waals surface area contributed by atoms with Crippen LogP contribution in [0.4, 0.5) is 0 Å². The Hall–Kier alpha value is -3.15. The number of methoxy groups -OCH3 is 3. The summed E-state index contributed by atoms with van der Waals surface area (Å²) in [6.07, 6.45) is 0. The van der Waals surface area contributed by atoms with Gasteiger partial charge in [0.15, 0.2) is 5.76 Å². The van der Waals surface area contributed by atoms with E-state index in [1.807, 2.05) is 0 Å². The molecule has 124 valence electrons. The lowest BCUT2D eigenvalue weighted by atomic mass is 10.1. The van der Waals surface area contributed by atoms with Gasteiger partial charge in [-0.15, -0.1) is 0 Å². The van der Waals surface area contributed by atoms with Crippen molar-refractivity contribution in [2.75, 3.05) is 21.3 Å². The normalized spacial score (nSPS) is 10.6. The van der Waals surface area contributed by atoms with Crippen LogP contribution in [0.3, 0.4) is 0 Å². The van der Waals surface area contributed by atoms with E-state index in [0.717, 1.165) is 0 Å². The quantitative estimate of drug-likeness (QED) is 0.792. The molecule has 1 aromatic heterocycles. The maximum absolute atomic E-state index is 12.6. The van der Waals surface area contributed by atoms with Crippen LogP contribution in [0.25, 0.3) is 22.3 Å². The molecule has 6 nitrogen and oxygen atoms in total. The molecular weight excluding hydrogens is 312 g/mol. The van der Waals surface area contributed by atoms with Crippen LogP contribution in [0.15, 0.2) is 45.6 Å². The lowest BCUT2D eigenvalue weighted by Gasteiger charge is -2.11. The lowest BCUT2D eigenvalue weighted by Crippen LogP contribution is -2.05. The molecule has 3 rings (SSSR count). The first-order valence-corrected chi connectivity index (χ1v) is 7.15. The molecule has 0 bridgehead atoms. The van der Waals surface area contributed by atoms with Gasteiger partial charge in [-0.2, -0.15) is 0 Å². The molecule has 0 aliphatic heterocycles. The van der Waals surface area contributed by atoms with E-state index < -0.39 is 11.2 Å². The van der Waals surface area contributed by atoms with Crippen molar-refractivity contribution < 1.29 is 23.7 Å². The van der Waals surface area contributed by atoms with Gasteiger partial charge >= 0.3 is 0 Å². The Morgan fingerprint density at radius 3 is 2.38 bits per heavy atom. The largest absolute Gasteiger partial charge is 0.502 e. The lowest BCUT2D eigenvalue weighted by molar-refractivity contribution is 0.394. The van der Waals surface area contributed by atoms with Crippen molar-refractivity contribution >= 4 is 11.0 Å². The number of ether oxygens (including phenoxy) is 3. The Morgan fingerprint density at radius 2 is 1.71 bits per heavy atom. The summed E-state index contributed by atoms with van der Waals surface area (Å²) in [4.78, 5) is 12.6. The number of fused-ring (bicyclic) bond motifs is 1. The van der Waals surface area contributed by atoms with E-state index >= 15 is 0 Å². The average molecular weight is 328 g/mol. The highest BCUT2D eigenvalue weighted by molar-refractivity contribution is 5.88. The zero-order valence-corrected chi connectivity index (χ0v) is 13.5. The van der Waals surface area contributed by atoms with E-state index in [2.05, 4.69) is 0 Å². The van der Waals surface area contributed by atoms with Crippen LogP contribution in [0.1, 0.15) is 0 Å². The van der Waals surface area contributed by atoms with Crippen molar-refractivity contribution in [3.63, 3.8) is 0 Å². The predicted molar refractivity (Wildman–Crippen MR) is 89.2 cm³/mol. The number of aromatic hydroxyl groups is 1. The van der Waals surface area contributed by atoms with Gasteiger partial charge in [-0.1, -0.05) is 12.1 Å². The van der Waals surface area contributed by atoms with Crippen molar-refractivity contribution in [3.05, 3.63) is 46.6 Å². The number of hydrogen-bond donors (Lipinski definition) is 1. The van der Waals surface area contributed by atoms with E-state index in [1.54, 1.807) is 36.4 Å². The van der Waals surface area contributed by atoms with Gasteiger partial charge in [-0.05, 0) is 12.1 Å². The zero-order chi connectivity index (χ0) is 17.3. The minimum absolute atomic E-state index is 0.0571. The third-order valence-corrected chi connectivity index (χ3v) is 3.70. The summed E-state index contributed by atoms with van der Waals surface area (Å²) in [6, 6.07) is 10.0. The number of rotatable bonds is 4. The smallest absolute Gasteiger partial charge is 0.238 e. The summed E-state index contributed by atoms with van der Waals surface area (Å²) in [5.41, 5.74) is 0.202. The summed E-state index contributed by atoms with van der Waals surface area (Å²) < 4.78 is 21.4. The topological polar surface area (TPSA) is 78.1 Å². The standard InChI is InChI=1S/C18H16O6/c1-21-11-6-4-5-10(7-11)18-17(20)16(19)15-13(23-3)8-12(22-2)9-14(15)24-18/h4-9,20H,1-3H3. The van der Waals surface area contributed by atoms with Gasteiger partial charge in [0.05, 0.1) is 21.3 Å². The van der Waals surface area contributed by atoms with Gasteiger partial charge in [-0.3, -0.25) is 4.79 Å². The number of benzene rings is 2. The molecule has 0 spiro atoms. The van der Waals surface area contributed by atoms with Crippen LogP contribution in [0.5, 0.6) is 23.0 Å². The van der Waals surface area contributed by atoms with Crippen molar-refractivity contribution in [3.8, 4) is 34.3 Å². The van der Waals surface area contributed by atoms with E-state index in [1.165, 1.54) is 21.3 Å². The Balaban J connectivity index is 2.34. The molecule has 24 heavy (non-hydrogen) atoms. The number of hydrogen-bond acceptors (Lipinski definition) is 6. The first-order valence-electron chi connectivity index (χ1n) is 7.15. The molecule has 1 heterocycles. The molecule has 0 fully saturated rings. The van der Waals surface area contributed by atoms with Crippen LogP contribution >= 0.6 is 0 Å². The second kappa shape index (κ2) is 6.16. The second-order valence-electron chi connectivity index (χ2n) is 5.04. The first-order chi connectivity index (χ1) is 11.6. The minimum atomic E-state index is -0.575. The highest BCUT2D eigenvalue weighted by Crippen LogP contribution is 2.36. The molecular formula is C18H16O6. The molecule has 0 saturated carbocycles. The van der Waals surface area contributed by atoms with Gasteiger partial charge < -0.3 is 23.7 Å². The van der Waals surface area contributed by atoms with Crippen LogP contribution in [0, 0.1) is 0 Å². The van der Waals surface area contributed by atoms with Crippen LogP contribution in [0.2, 0.25) is 0 Å². The Kier molecular flexibility index (Phi) is 4.04. The summed E-state index contributed by atoms with van der Waals surface area (Å²) >= 11 is 0. The third-order valence-electron chi connectivity index (χ3n) is 3.70. The molecule has 1 N–H and O–H groups in total. The van der Waals surface area contributed by atoms with Gasteiger partial charge in [0.2, 0.25) is 11.2 Å². The fourth-order valence-electron chi connectivity index (χ4n) is 2.49. The van der Waals surface area contributed by atoms with Gasteiger partial charge in [0.1, 0.15) is 28.2 Å². The van der Waals surface area contributed by atoms with E-state index in [-0.39, 0.29) is 22.5 Å². The maximum Gasteiger partial charge on any atom is 0.238 e. The Labute approximate surface area is 137 Å². The minimum Gasteiger partial charge on any atom is -0.502 e. The van der Waals surface area contributed by atoms with Gasteiger partial charge in [-0.25, -0.2) is 0 Å². The molecule has 0 atom stereocenters. The average Bonchev–Trinajstić information content (AvgIpc) is 2.63. The van der Waals surface area contributed by atoms with Crippen molar-refractivity contribution in [1.29, 1.82) is 0 Å². The summed E-state index contributed by atoms with van der Waals surface area (Å²) in [7, 11) is 4.47. The van der Waals surface area contributed by atoms with Crippen molar-refractivity contribution in [2.45, 2.75) is 0 Å². The van der Waals surface area contributed by atoms with Crippen molar-refractivity contribution in [1.82, 2.24) is 0 Å². The van der Waals surface area contributed by atoms with E-state index in [0.29, 0.717) is 17.1 Å². The van der Waals surface area contributed by atoms with Crippen LogP contribution in [-0.4, -0.2) is 26.4 Å². The molecule has 0 amide bonds. The van der Waals surface area contributed by atoms with Gasteiger partial charge in [0, 0.05) is 17.7 Å². The maximum atomic E-state index is 12.6. The molecule has 0 unspecified atom stereocenters. The molecule has 2 aromatic carbocycles. The van der Waals surface area contributed by atoms with Gasteiger partial charge in [0.25, 0.3) is 0 Å². The van der Waals surface area contributed by atoms with Crippen LogP contribution in [-0.2, 0) is 0 Å². The predicted octanol–water partition coefficient (Wildman–Crippen LogP) is 3.19.